The van der Waals surface area contributed by atoms with Crippen LogP contribution >= 0.6 is 0 Å². The average Bonchev–Trinajstić information content (AvgIpc) is 3.46. The van der Waals surface area contributed by atoms with Gasteiger partial charge in [0.05, 0.1) is 13.2 Å². The second kappa shape index (κ2) is 11.9. The molecule has 0 spiro atoms. The van der Waals surface area contributed by atoms with Crippen molar-refractivity contribution in [2.24, 2.45) is 0 Å². The van der Waals surface area contributed by atoms with Gasteiger partial charge in [0.25, 0.3) is 5.91 Å². The molecule has 0 aromatic heterocycles. The van der Waals surface area contributed by atoms with Crippen molar-refractivity contribution in [3.05, 3.63) is 54.1 Å². The Bertz CT molecular complexity index is 1060. The van der Waals surface area contributed by atoms with Gasteiger partial charge >= 0.3 is 0 Å². The van der Waals surface area contributed by atoms with Gasteiger partial charge in [-0.05, 0) is 55.5 Å². The van der Waals surface area contributed by atoms with E-state index in [9.17, 15) is 9.59 Å². The van der Waals surface area contributed by atoms with E-state index in [-0.39, 0.29) is 30.6 Å². The van der Waals surface area contributed by atoms with Crippen LogP contribution in [0.5, 0.6) is 17.2 Å². The van der Waals surface area contributed by atoms with Crippen molar-refractivity contribution in [3.63, 3.8) is 0 Å². The van der Waals surface area contributed by atoms with Gasteiger partial charge in [0.15, 0.2) is 11.5 Å². The number of nitrogens with one attached hydrogen (secondary N) is 1. The van der Waals surface area contributed by atoms with Crippen LogP contribution in [0.3, 0.4) is 0 Å². The number of fused-ring (bicyclic) bond motifs is 1. The maximum Gasteiger partial charge on any atom is 0.268 e. The number of ether oxygens (including phenoxy) is 4. The molecule has 2 fully saturated rings. The minimum Gasteiger partial charge on any atom is -0.497 e. The SMILES string of the molecule is COc1ccc(C(C(=O)NC2CCCCC2)N(CC2CCCO2)C(=O)C2COc3ccccc3O2)cc1. The second-order valence-electron chi connectivity index (χ2n) is 10.0. The van der Waals surface area contributed by atoms with E-state index < -0.39 is 12.1 Å². The van der Waals surface area contributed by atoms with E-state index in [4.69, 9.17) is 18.9 Å². The number of hydrogen-bond donors (Lipinski definition) is 1. The molecule has 5 rings (SSSR count). The van der Waals surface area contributed by atoms with Crippen molar-refractivity contribution in [1.29, 1.82) is 0 Å². The molecule has 2 amide bonds. The topological polar surface area (TPSA) is 86.3 Å². The summed E-state index contributed by atoms with van der Waals surface area (Å²) in [6.45, 7) is 1.04. The van der Waals surface area contributed by atoms with E-state index in [0.717, 1.165) is 44.1 Å². The van der Waals surface area contributed by atoms with Crippen LogP contribution in [-0.2, 0) is 14.3 Å². The maximum absolute atomic E-state index is 14.1. The molecule has 8 nitrogen and oxygen atoms in total. The molecule has 1 N–H and O–H groups in total. The van der Waals surface area contributed by atoms with Crippen molar-refractivity contribution in [2.75, 3.05) is 26.9 Å². The van der Waals surface area contributed by atoms with Gasteiger partial charge in [-0.1, -0.05) is 43.5 Å². The Labute approximate surface area is 218 Å². The summed E-state index contributed by atoms with van der Waals surface area (Å²) in [5.74, 6) is 1.36. The third-order valence-corrected chi connectivity index (χ3v) is 7.43. The largest absolute Gasteiger partial charge is 0.497 e. The lowest BCUT2D eigenvalue weighted by molar-refractivity contribution is -0.150. The molecule has 1 saturated carbocycles. The van der Waals surface area contributed by atoms with Crippen LogP contribution in [0, 0.1) is 0 Å². The predicted octanol–water partition coefficient (Wildman–Crippen LogP) is 4.03. The van der Waals surface area contributed by atoms with Crippen LogP contribution in [0.4, 0.5) is 0 Å². The molecular formula is C29H36N2O6. The first-order chi connectivity index (χ1) is 18.1. The molecule has 3 atom stereocenters. The third kappa shape index (κ3) is 6.01. The molecule has 0 radical (unpaired) electrons. The van der Waals surface area contributed by atoms with Gasteiger partial charge in [-0.25, -0.2) is 0 Å². The van der Waals surface area contributed by atoms with Crippen LogP contribution < -0.4 is 19.5 Å². The summed E-state index contributed by atoms with van der Waals surface area (Å²) in [7, 11) is 1.60. The first kappa shape index (κ1) is 25.4. The smallest absolute Gasteiger partial charge is 0.268 e. The lowest BCUT2D eigenvalue weighted by Gasteiger charge is -2.37. The van der Waals surface area contributed by atoms with Crippen molar-refractivity contribution in [2.45, 2.75) is 69.2 Å². The van der Waals surface area contributed by atoms with Gasteiger partial charge in [-0.2, -0.15) is 0 Å². The highest BCUT2D eigenvalue weighted by atomic mass is 16.6. The molecular weight excluding hydrogens is 472 g/mol. The average molecular weight is 509 g/mol. The quantitative estimate of drug-likeness (QED) is 0.580. The number of carbonyl (C=O) groups is 2. The molecule has 2 aliphatic heterocycles. The summed E-state index contributed by atoms with van der Waals surface area (Å²) in [4.78, 5) is 29.6. The standard InChI is InChI=1S/C29H36N2O6/c1-34-22-15-13-20(14-16-22)27(28(32)30-21-8-3-2-4-9-21)31(18-23-10-7-17-35-23)29(33)26-19-36-24-11-5-6-12-25(24)37-26/h5-6,11-16,21,23,26-27H,2-4,7-10,17-19H2,1H3,(H,30,32). The Balaban J connectivity index is 1.46. The van der Waals surface area contributed by atoms with Crippen LogP contribution in [0.25, 0.3) is 0 Å². The summed E-state index contributed by atoms with van der Waals surface area (Å²) in [5, 5.41) is 3.25. The van der Waals surface area contributed by atoms with Crippen molar-refractivity contribution in [3.8, 4) is 17.2 Å². The van der Waals surface area contributed by atoms with Crippen LogP contribution in [0.15, 0.2) is 48.5 Å². The van der Waals surface area contributed by atoms with Crippen molar-refractivity contribution in [1.82, 2.24) is 10.2 Å². The molecule has 8 heteroatoms. The highest BCUT2D eigenvalue weighted by Crippen LogP contribution is 2.33. The number of rotatable bonds is 8. The van der Waals surface area contributed by atoms with Crippen LogP contribution in [0.2, 0.25) is 0 Å². The fourth-order valence-corrected chi connectivity index (χ4v) is 5.44. The van der Waals surface area contributed by atoms with Gasteiger partial charge in [-0.15, -0.1) is 0 Å². The molecule has 37 heavy (non-hydrogen) atoms. The minimum absolute atomic E-state index is 0.0808. The maximum atomic E-state index is 14.1. The molecule has 198 valence electrons. The van der Waals surface area contributed by atoms with Gasteiger partial charge < -0.3 is 29.2 Å². The van der Waals surface area contributed by atoms with Gasteiger partial charge in [-0.3, -0.25) is 9.59 Å². The lowest BCUT2D eigenvalue weighted by atomic mass is 9.94. The fraction of sp³-hybridized carbons (Fsp3) is 0.517. The van der Waals surface area contributed by atoms with E-state index in [1.54, 1.807) is 18.1 Å². The molecule has 2 aromatic rings. The third-order valence-electron chi connectivity index (χ3n) is 7.43. The highest BCUT2D eigenvalue weighted by Gasteiger charge is 2.40. The van der Waals surface area contributed by atoms with Crippen molar-refractivity contribution >= 4 is 11.8 Å². The lowest BCUT2D eigenvalue weighted by Crippen LogP contribution is -2.54. The summed E-state index contributed by atoms with van der Waals surface area (Å²) in [6.07, 6.45) is 6.08. The Hall–Kier alpha value is -3.26. The Morgan fingerprint density at radius 3 is 2.46 bits per heavy atom. The molecule has 1 aliphatic carbocycles. The second-order valence-corrected chi connectivity index (χ2v) is 10.0. The molecule has 3 unspecified atom stereocenters. The van der Waals surface area contributed by atoms with Crippen LogP contribution in [-0.4, -0.2) is 61.8 Å². The Kier molecular flexibility index (Phi) is 8.14. The number of hydrogen-bond acceptors (Lipinski definition) is 6. The zero-order chi connectivity index (χ0) is 25.6. The van der Waals surface area contributed by atoms with Gasteiger partial charge in [0, 0.05) is 19.2 Å². The number of amides is 2. The molecule has 0 bridgehead atoms. The van der Waals surface area contributed by atoms with Crippen LogP contribution in [0.1, 0.15) is 56.6 Å². The zero-order valence-electron chi connectivity index (χ0n) is 21.4. The number of carbonyl (C=O) groups excluding carboxylic acids is 2. The summed E-state index contributed by atoms with van der Waals surface area (Å²) >= 11 is 0. The van der Waals surface area contributed by atoms with E-state index in [1.807, 2.05) is 42.5 Å². The van der Waals surface area contributed by atoms with E-state index in [0.29, 0.717) is 30.4 Å². The first-order valence-corrected chi connectivity index (χ1v) is 13.4. The Morgan fingerprint density at radius 1 is 1.00 bits per heavy atom. The molecule has 2 heterocycles. The van der Waals surface area contributed by atoms with E-state index >= 15 is 0 Å². The van der Waals surface area contributed by atoms with E-state index in [2.05, 4.69) is 5.32 Å². The highest BCUT2D eigenvalue weighted by molar-refractivity contribution is 5.91. The Morgan fingerprint density at radius 2 is 1.76 bits per heavy atom. The number of para-hydroxylation sites is 2. The fourth-order valence-electron chi connectivity index (χ4n) is 5.44. The predicted molar refractivity (Wildman–Crippen MR) is 138 cm³/mol. The first-order valence-electron chi connectivity index (χ1n) is 13.4. The number of nitrogens with zero attached hydrogens (tertiary/aromatic N) is 1. The van der Waals surface area contributed by atoms with Gasteiger partial charge in [0.2, 0.25) is 12.0 Å². The normalized spacial score (nSPS) is 22.2. The monoisotopic (exact) mass is 508 g/mol. The summed E-state index contributed by atoms with van der Waals surface area (Å²) < 4.78 is 23.2. The molecule has 3 aliphatic rings. The van der Waals surface area contributed by atoms with Crippen molar-refractivity contribution < 1.29 is 28.5 Å². The summed E-state index contributed by atoms with van der Waals surface area (Å²) in [6, 6.07) is 13.9. The van der Waals surface area contributed by atoms with Gasteiger partial charge in [0.1, 0.15) is 18.4 Å². The minimum atomic E-state index is -0.862. The zero-order valence-corrected chi connectivity index (χ0v) is 21.4. The summed E-state index contributed by atoms with van der Waals surface area (Å²) in [5.41, 5.74) is 0.720. The van der Waals surface area contributed by atoms with E-state index in [1.165, 1.54) is 6.42 Å². The number of methoxy groups -OCH3 is 1. The molecule has 2 aromatic carbocycles. The number of benzene rings is 2. The molecule has 1 saturated heterocycles.